The SMILES string of the molecule is COc1ccc(F)c(-c2ccncc2C(=O)O)c1. The highest BCUT2D eigenvalue weighted by atomic mass is 19.1. The number of methoxy groups -OCH3 is 1. The zero-order valence-corrected chi connectivity index (χ0v) is 9.55. The molecule has 0 aliphatic rings. The van der Waals surface area contributed by atoms with E-state index in [1.54, 1.807) is 0 Å². The van der Waals surface area contributed by atoms with Gasteiger partial charge < -0.3 is 9.84 Å². The molecule has 1 aromatic heterocycles. The maximum atomic E-state index is 13.8. The second-order valence-electron chi connectivity index (χ2n) is 3.57. The Labute approximate surface area is 103 Å². The first-order valence-corrected chi connectivity index (χ1v) is 5.14. The molecule has 4 nitrogen and oxygen atoms in total. The molecule has 0 unspecified atom stereocenters. The van der Waals surface area contributed by atoms with E-state index in [2.05, 4.69) is 4.98 Å². The summed E-state index contributed by atoms with van der Waals surface area (Å²) in [6.45, 7) is 0. The lowest BCUT2D eigenvalue weighted by Gasteiger charge is -2.08. The van der Waals surface area contributed by atoms with Gasteiger partial charge in [-0.05, 0) is 24.3 Å². The Hall–Kier alpha value is -2.43. The highest BCUT2D eigenvalue weighted by Crippen LogP contribution is 2.29. The van der Waals surface area contributed by atoms with Crippen LogP contribution in [0.25, 0.3) is 11.1 Å². The third-order valence-electron chi connectivity index (χ3n) is 2.52. The van der Waals surface area contributed by atoms with Crippen molar-refractivity contribution in [1.82, 2.24) is 4.98 Å². The summed E-state index contributed by atoms with van der Waals surface area (Å²) in [5.41, 5.74) is 0.396. The van der Waals surface area contributed by atoms with E-state index >= 15 is 0 Å². The molecule has 0 saturated carbocycles. The van der Waals surface area contributed by atoms with Gasteiger partial charge >= 0.3 is 5.97 Å². The smallest absolute Gasteiger partial charge is 0.337 e. The summed E-state index contributed by atoms with van der Waals surface area (Å²) >= 11 is 0. The van der Waals surface area contributed by atoms with E-state index in [0.29, 0.717) is 5.75 Å². The predicted octanol–water partition coefficient (Wildman–Crippen LogP) is 2.59. The van der Waals surface area contributed by atoms with Crippen molar-refractivity contribution in [2.75, 3.05) is 7.11 Å². The molecule has 92 valence electrons. The molecular formula is C13H10FNO3. The van der Waals surface area contributed by atoms with Crippen molar-refractivity contribution < 1.29 is 19.0 Å². The van der Waals surface area contributed by atoms with Gasteiger partial charge in [0.15, 0.2) is 0 Å². The second kappa shape index (κ2) is 4.83. The summed E-state index contributed by atoms with van der Waals surface area (Å²) in [5.74, 6) is -1.20. The van der Waals surface area contributed by atoms with Crippen LogP contribution in [0.4, 0.5) is 4.39 Å². The third kappa shape index (κ3) is 2.15. The fourth-order valence-corrected chi connectivity index (χ4v) is 1.64. The molecule has 0 fully saturated rings. The summed E-state index contributed by atoms with van der Waals surface area (Å²) in [6, 6.07) is 5.62. The molecule has 0 aliphatic carbocycles. The van der Waals surface area contributed by atoms with Gasteiger partial charge in [0.25, 0.3) is 0 Å². The summed E-state index contributed by atoms with van der Waals surface area (Å²) < 4.78 is 18.8. The molecular weight excluding hydrogens is 237 g/mol. The van der Waals surface area contributed by atoms with E-state index in [9.17, 15) is 9.18 Å². The average Bonchev–Trinajstić information content (AvgIpc) is 2.39. The van der Waals surface area contributed by atoms with Gasteiger partial charge in [0.05, 0.1) is 12.7 Å². The Kier molecular flexibility index (Phi) is 3.23. The first kappa shape index (κ1) is 12.0. The first-order valence-electron chi connectivity index (χ1n) is 5.14. The van der Waals surface area contributed by atoms with Crippen molar-refractivity contribution >= 4 is 5.97 Å². The van der Waals surface area contributed by atoms with Gasteiger partial charge in [-0.25, -0.2) is 9.18 Å². The van der Waals surface area contributed by atoms with E-state index in [1.165, 1.54) is 43.8 Å². The molecule has 0 amide bonds. The van der Waals surface area contributed by atoms with Crippen LogP contribution in [0.3, 0.4) is 0 Å². The lowest BCUT2D eigenvalue weighted by molar-refractivity contribution is 0.0697. The number of hydrogen-bond donors (Lipinski definition) is 1. The molecule has 1 N–H and O–H groups in total. The molecule has 18 heavy (non-hydrogen) atoms. The Balaban J connectivity index is 2.65. The van der Waals surface area contributed by atoms with Crippen LogP contribution < -0.4 is 4.74 Å². The zero-order valence-electron chi connectivity index (χ0n) is 9.55. The number of nitrogens with zero attached hydrogens (tertiary/aromatic N) is 1. The maximum absolute atomic E-state index is 13.8. The topological polar surface area (TPSA) is 59.4 Å². The molecule has 0 radical (unpaired) electrons. The minimum absolute atomic E-state index is 0.0512. The first-order chi connectivity index (χ1) is 8.63. The number of aromatic nitrogens is 1. The van der Waals surface area contributed by atoms with Crippen LogP contribution >= 0.6 is 0 Å². The molecule has 0 spiro atoms. The number of ether oxygens (including phenoxy) is 1. The quantitative estimate of drug-likeness (QED) is 0.905. The number of benzene rings is 1. The van der Waals surface area contributed by atoms with Crippen LogP contribution in [0.15, 0.2) is 36.7 Å². The zero-order chi connectivity index (χ0) is 13.1. The van der Waals surface area contributed by atoms with Crippen LogP contribution in [0.5, 0.6) is 5.75 Å². The number of hydrogen-bond acceptors (Lipinski definition) is 3. The molecule has 0 aliphatic heterocycles. The number of rotatable bonds is 3. The summed E-state index contributed by atoms with van der Waals surface area (Å²) in [6.07, 6.45) is 2.61. The van der Waals surface area contributed by atoms with Gasteiger partial charge in [-0.15, -0.1) is 0 Å². The van der Waals surface area contributed by atoms with Crippen molar-refractivity contribution in [1.29, 1.82) is 0 Å². The normalized spacial score (nSPS) is 10.1. The molecule has 0 bridgehead atoms. The molecule has 1 heterocycles. The summed E-state index contributed by atoms with van der Waals surface area (Å²) in [7, 11) is 1.46. The van der Waals surface area contributed by atoms with Gasteiger partial charge in [-0.3, -0.25) is 4.98 Å². The van der Waals surface area contributed by atoms with E-state index < -0.39 is 11.8 Å². The number of carboxylic acids is 1. The van der Waals surface area contributed by atoms with Crippen LogP contribution in [0.1, 0.15) is 10.4 Å². The second-order valence-corrected chi connectivity index (χ2v) is 3.57. The lowest BCUT2D eigenvalue weighted by atomic mass is 10.0. The molecule has 1 aromatic carbocycles. The van der Waals surface area contributed by atoms with E-state index in [-0.39, 0.29) is 16.7 Å². The third-order valence-corrected chi connectivity index (χ3v) is 2.52. The highest BCUT2D eigenvalue weighted by Gasteiger charge is 2.15. The van der Waals surface area contributed by atoms with Gasteiger partial charge in [-0.2, -0.15) is 0 Å². The minimum atomic E-state index is -1.15. The van der Waals surface area contributed by atoms with Crippen LogP contribution in [0, 0.1) is 5.82 Å². The Morgan fingerprint density at radius 1 is 1.33 bits per heavy atom. The van der Waals surface area contributed by atoms with E-state index in [1.807, 2.05) is 0 Å². The van der Waals surface area contributed by atoms with Crippen LogP contribution in [0.2, 0.25) is 0 Å². The van der Waals surface area contributed by atoms with Gasteiger partial charge in [-0.1, -0.05) is 0 Å². The summed E-state index contributed by atoms with van der Waals surface area (Å²) in [5, 5.41) is 9.05. The largest absolute Gasteiger partial charge is 0.497 e. The summed E-state index contributed by atoms with van der Waals surface area (Å²) in [4.78, 5) is 14.8. The molecule has 5 heteroatoms. The van der Waals surface area contributed by atoms with Gasteiger partial charge in [0.2, 0.25) is 0 Å². The maximum Gasteiger partial charge on any atom is 0.337 e. The van der Waals surface area contributed by atoms with Gasteiger partial charge in [0, 0.05) is 23.5 Å². The van der Waals surface area contributed by atoms with E-state index in [0.717, 1.165) is 0 Å². The Morgan fingerprint density at radius 3 is 2.78 bits per heavy atom. The van der Waals surface area contributed by atoms with E-state index in [4.69, 9.17) is 9.84 Å². The number of carboxylic acid groups (broad SMARTS) is 1. The van der Waals surface area contributed by atoms with Crippen LogP contribution in [-0.2, 0) is 0 Å². The van der Waals surface area contributed by atoms with Crippen molar-refractivity contribution in [3.05, 3.63) is 48.0 Å². The standard InChI is InChI=1S/C13H10FNO3/c1-18-8-2-3-12(14)10(6-8)9-4-5-15-7-11(9)13(16)17/h2-7H,1H3,(H,16,17). The highest BCUT2D eigenvalue weighted by molar-refractivity contribution is 5.95. The van der Waals surface area contributed by atoms with Crippen molar-refractivity contribution in [2.24, 2.45) is 0 Å². The number of pyridine rings is 1. The fourth-order valence-electron chi connectivity index (χ4n) is 1.64. The van der Waals surface area contributed by atoms with Crippen molar-refractivity contribution in [2.45, 2.75) is 0 Å². The fraction of sp³-hybridized carbons (Fsp3) is 0.0769. The lowest BCUT2D eigenvalue weighted by Crippen LogP contribution is -2.01. The number of halogens is 1. The predicted molar refractivity (Wildman–Crippen MR) is 63.1 cm³/mol. The molecule has 2 aromatic rings. The molecule has 2 rings (SSSR count). The van der Waals surface area contributed by atoms with Crippen LogP contribution in [-0.4, -0.2) is 23.2 Å². The minimum Gasteiger partial charge on any atom is -0.497 e. The monoisotopic (exact) mass is 247 g/mol. The Bertz CT molecular complexity index is 599. The molecule has 0 atom stereocenters. The van der Waals surface area contributed by atoms with Crippen molar-refractivity contribution in [3.8, 4) is 16.9 Å². The average molecular weight is 247 g/mol. The number of carbonyl (C=O) groups is 1. The Morgan fingerprint density at radius 2 is 2.11 bits per heavy atom. The number of aromatic carboxylic acids is 1. The van der Waals surface area contributed by atoms with Gasteiger partial charge in [0.1, 0.15) is 11.6 Å². The van der Waals surface area contributed by atoms with Crippen molar-refractivity contribution in [3.63, 3.8) is 0 Å². The molecule has 0 saturated heterocycles.